The minimum absolute atomic E-state index is 0.0414. The molecule has 116 valence electrons. The Morgan fingerprint density at radius 1 is 1.48 bits per heavy atom. The minimum Gasteiger partial charge on any atom is -0.490 e. The second-order valence-electron chi connectivity index (χ2n) is 4.77. The van der Waals surface area contributed by atoms with E-state index >= 15 is 0 Å². The van der Waals surface area contributed by atoms with Crippen LogP contribution >= 0.6 is 15.9 Å². The molecule has 0 spiro atoms. The summed E-state index contributed by atoms with van der Waals surface area (Å²) < 4.78 is 17.3. The van der Waals surface area contributed by atoms with Gasteiger partial charge in [0.15, 0.2) is 0 Å². The zero-order valence-electron chi connectivity index (χ0n) is 12.1. The molecule has 5 nitrogen and oxygen atoms in total. The molecule has 0 amide bonds. The molecule has 2 rings (SSSR count). The van der Waals surface area contributed by atoms with Crippen LogP contribution in [0.15, 0.2) is 28.7 Å². The van der Waals surface area contributed by atoms with Crippen molar-refractivity contribution in [2.75, 3.05) is 39.5 Å². The molecule has 1 saturated heterocycles. The number of hydrogen-bond acceptors (Lipinski definition) is 5. The largest absolute Gasteiger partial charge is 0.490 e. The van der Waals surface area contributed by atoms with E-state index in [2.05, 4.69) is 15.9 Å². The summed E-state index contributed by atoms with van der Waals surface area (Å²) >= 11 is 3.45. The van der Waals surface area contributed by atoms with Crippen molar-refractivity contribution in [3.05, 3.63) is 28.7 Å². The molecule has 0 aliphatic carbocycles. The van der Waals surface area contributed by atoms with Crippen LogP contribution in [-0.2, 0) is 14.3 Å². The monoisotopic (exact) mass is 357 g/mol. The van der Waals surface area contributed by atoms with Crippen molar-refractivity contribution in [1.29, 1.82) is 0 Å². The average Bonchev–Trinajstić information content (AvgIpc) is 2.47. The highest BCUT2D eigenvalue weighted by molar-refractivity contribution is 9.10. The highest BCUT2D eigenvalue weighted by Crippen LogP contribution is 2.24. The maximum absolute atomic E-state index is 11.5. The van der Waals surface area contributed by atoms with Crippen molar-refractivity contribution in [1.82, 2.24) is 4.90 Å². The third-order valence-corrected chi connectivity index (χ3v) is 3.80. The molecule has 21 heavy (non-hydrogen) atoms. The number of halogens is 1. The minimum atomic E-state index is -0.190. The van der Waals surface area contributed by atoms with Crippen LogP contribution in [0.25, 0.3) is 0 Å². The molecular formula is C15H20BrNO4. The lowest BCUT2D eigenvalue weighted by atomic mass is 10.3. The van der Waals surface area contributed by atoms with Crippen molar-refractivity contribution in [3.63, 3.8) is 0 Å². The Bertz CT molecular complexity index is 469. The second-order valence-corrected chi connectivity index (χ2v) is 5.63. The zero-order chi connectivity index (χ0) is 15.1. The van der Waals surface area contributed by atoms with Crippen molar-refractivity contribution in [2.45, 2.75) is 13.0 Å². The van der Waals surface area contributed by atoms with Gasteiger partial charge in [0.2, 0.25) is 0 Å². The lowest BCUT2D eigenvalue weighted by Gasteiger charge is -2.32. The maximum Gasteiger partial charge on any atom is 0.320 e. The number of carbonyl (C=O) groups is 1. The summed E-state index contributed by atoms with van der Waals surface area (Å²) in [4.78, 5) is 13.5. The number of morpholine rings is 1. The van der Waals surface area contributed by atoms with Gasteiger partial charge in [-0.1, -0.05) is 12.1 Å². The highest BCUT2D eigenvalue weighted by atomic mass is 79.9. The first-order valence-corrected chi connectivity index (χ1v) is 7.85. The second kappa shape index (κ2) is 8.36. The van der Waals surface area contributed by atoms with Gasteiger partial charge in [-0.3, -0.25) is 9.69 Å². The van der Waals surface area contributed by atoms with Crippen molar-refractivity contribution >= 4 is 21.9 Å². The first kappa shape index (κ1) is 16.3. The number of hydrogen-bond donors (Lipinski definition) is 0. The summed E-state index contributed by atoms with van der Waals surface area (Å²) in [5.74, 6) is 0.605. The number of carbonyl (C=O) groups excluding carboxylic acids is 1. The van der Waals surface area contributed by atoms with E-state index in [4.69, 9.17) is 14.2 Å². The molecule has 1 aromatic carbocycles. The number of esters is 1. The maximum atomic E-state index is 11.5. The summed E-state index contributed by atoms with van der Waals surface area (Å²) in [6.45, 7) is 5.00. The fraction of sp³-hybridized carbons (Fsp3) is 0.533. The molecule has 1 heterocycles. The number of para-hydroxylation sites is 1. The molecule has 0 radical (unpaired) electrons. The fourth-order valence-corrected chi connectivity index (χ4v) is 2.56. The topological polar surface area (TPSA) is 48.0 Å². The first-order valence-electron chi connectivity index (χ1n) is 7.06. The predicted molar refractivity (Wildman–Crippen MR) is 82.5 cm³/mol. The van der Waals surface area contributed by atoms with E-state index in [9.17, 15) is 4.79 Å². The van der Waals surface area contributed by atoms with E-state index < -0.39 is 0 Å². The van der Waals surface area contributed by atoms with Gasteiger partial charge in [0.25, 0.3) is 0 Å². The van der Waals surface area contributed by atoms with Crippen LogP contribution in [0.2, 0.25) is 0 Å². The van der Waals surface area contributed by atoms with E-state index in [0.717, 1.165) is 16.8 Å². The Kier molecular flexibility index (Phi) is 6.48. The van der Waals surface area contributed by atoms with E-state index in [1.165, 1.54) is 0 Å². The van der Waals surface area contributed by atoms with Gasteiger partial charge in [0.05, 0.1) is 24.2 Å². The van der Waals surface area contributed by atoms with Crippen LogP contribution in [0, 0.1) is 0 Å². The number of rotatable bonds is 6. The smallest absolute Gasteiger partial charge is 0.320 e. The van der Waals surface area contributed by atoms with Gasteiger partial charge in [0, 0.05) is 13.1 Å². The van der Waals surface area contributed by atoms with Crippen LogP contribution in [0.1, 0.15) is 6.92 Å². The number of ether oxygens (including phenoxy) is 3. The summed E-state index contributed by atoms with van der Waals surface area (Å²) in [5, 5.41) is 0. The van der Waals surface area contributed by atoms with Gasteiger partial charge in [0.1, 0.15) is 18.5 Å². The number of nitrogens with zero attached hydrogens (tertiary/aromatic N) is 1. The summed E-state index contributed by atoms with van der Waals surface area (Å²) in [6, 6.07) is 7.71. The van der Waals surface area contributed by atoms with Crippen LogP contribution < -0.4 is 4.74 Å². The molecule has 1 aliphatic rings. The van der Waals surface area contributed by atoms with E-state index in [-0.39, 0.29) is 12.1 Å². The fourth-order valence-electron chi connectivity index (χ4n) is 2.16. The Balaban J connectivity index is 1.79. The molecule has 0 aromatic heterocycles. The lowest BCUT2D eigenvalue weighted by molar-refractivity contribution is -0.146. The highest BCUT2D eigenvalue weighted by Gasteiger charge is 2.23. The number of benzene rings is 1. The van der Waals surface area contributed by atoms with Gasteiger partial charge in [-0.25, -0.2) is 0 Å². The van der Waals surface area contributed by atoms with E-state index in [1.54, 1.807) is 0 Å². The molecule has 1 fully saturated rings. The molecule has 1 aliphatic heterocycles. The Morgan fingerprint density at radius 2 is 2.29 bits per heavy atom. The lowest BCUT2D eigenvalue weighted by Crippen LogP contribution is -2.47. The molecule has 0 saturated carbocycles. The van der Waals surface area contributed by atoms with Crippen LogP contribution in [0.4, 0.5) is 0 Å². The third kappa shape index (κ3) is 5.30. The normalized spacial score (nSPS) is 19.2. The standard InChI is InChI=1S/C15H20BrNO4/c1-2-19-15(18)10-17-7-8-20-12(9-17)11-21-14-6-4-3-5-13(14)16/h3-6,12H,2,7-11H2,1H3/t12-/m0/s1. The van der Waals surface area contributed by atoms with Crippen LogP contribution in [0.3, 0.4) is 0 Å². The van der Waals surface area contributed by atoms with Gasteiger partial charge in [-0.15, -0.1) is 0 Å². The predicted octanol–water partition coefficient (Wildman–Crippen LogP) is 2.09. The van der Waals surface area contributed by atoms with Gasteiger partial charge in [-0.05, 0) is 35.0 Å². The SMILES string of the molecule is CCOC(=O)CN1CCO[C@H](COc2ccccc2Br)C1. The van der Waals surface area contributed by atoms with Gasteiger partial charge < -0.3 is 14.2 Å². The average molecular weight is 358 g/mol. The summed E-state index contributed by atoms with van der Waals surface area (Å²) in [6.07, 6.45) is -0.0414. The summed E-state index contributed by atoms with van der Waals surface area (Å²) in [5.41, 5.74) is 0. The third-order valence-electron chi connectivity index (χ3n) is 3.14. The Hall–Kier alpha value is -1.11. The van der Waals surface area contributed by atoms with E-state index in [0.29, 0.717) is 32.9 Å². The molecule has 6 heteroatoms. The van der Waals surface area contributed by atoms with Crippen molar-refractivity contribution in [3.8, 4) is 5.75 Å². The Morgan fingerprint density at radius 3 is 3.05 bits per heavy atom. The van der Waals surface area contributed by atoms with Gasteiger partial charge in [-0.2, -0.15) is 0 Å². The first-order chi connectivity index (χ1) is 10.2. The molecular weight excluding hydrogens is 338 g/mol. The molecule has 1 aromatic rings. The van der Waals surface area contributed by atoms with Crippen LogP contribution in [0.5, 0.6) is 5.75 Å². The molecule has 0 unspecified atom stereocenters. The van der Waals surface area contributed by atoms with E-state index in [1.807, 2.05) is 36.1 Å². The molecule has 0 N–H and O–H groups in total. The molecule has 1 atom stereocenters. The van der Waals surface area contributed by atoms with Crippen molar-refractivity contribution < 1.29 is 19.0 Å². The quantitative estimate of drug-likeness (QED) is 0.729. The Labute approximate surface area is 133 Å². The van der Waals surface area contributed by atoms with Crippen LogP contribution in [-0.4, -0.2) is 56.4 Å². The summed E-state index contributed by atoms with van der Waals surface area (Å²) in [7, 11) is 0. The van der Waals surface area contributed by atoms with Gasteiger partial charge >= 0.3 is 5.97 Å². The molecule has 0 bridgehead atoms. The zero-order valence-corrected chi connectivity index (χ0v) is 13.7. The van der Waals surface area contributed by atoms with Crippen molar-refractivity contribution in [2.24, 2.45) is 0 Å².